The molecule has 0 saturated carbocycles. The molecule has 0 fully saturated rings. The Morgan fingerprint density at radius 1 is 0.520 bits per heavy atom. The molecule has 0 saturated heterocycles. The van der Waals surface area contributed by atoms with Crippen molar-refractivity contribution in [3.63, 3.8) is 0 Å². The van der Waals surface area contributed by atoms with Crippen LogP contribution in [-0.4, -0.2) is 9.13 Å². The van der Waals surface area contributed by atoms with E-state index in [4.69, 9.17) is 6.57 Å². The fourth-order valence-corrected chi connectivity index (χ4v) is 7.54. The number of nitrogens with zero attached hydrogens (tertiary/aromatic N) is 5. The molecule has 5 heteroatoms. The Hall–Kier alpha value is -7.39. The zero-order chi connectivity index (χ0) is 33.8. The Morgan fingerprint density at radius 3 is 1.92 bits per heavy atom. The van der Waals surface area contributed by atoms with E-state index >= 15 is 0 Å². The Labute approximate surface area is 288 Å². The summed E-state index contributed by atoms with van der Waals surface area (Å²) >= 11 is 0. The fourth-order valence-electron chi connectivity index (χ4n) is 7.54. The molecule has 0 N–H and O–H groups in total. The third kappa shape index (κ3) is 4.24. The topological polar surface area (TPSA) is 61.8 Å². The van der Waals surface area contributed by atoms with Crippen molar-refractivity contribution in [2.75, 3.05) is 0 Å². The number of aromatic nitrogens is 2. The first-order valence-electron chi connectivity index (χ1n) is 16.3. The first-order chi connectivity index (χ1) is 24.7. The molecule has 230 valence electrons. The predicted molar refractivity (Wildman–Crippen MR) is 202 cm³/mol. The highest BCUT2D eigenvalue weighted by atomic mass is 15.0. The summed E-state index contributed by atoms with van der Waals surface area (Å²) in [7, 11) is 0. The van der Waals surface area contributed by atoms with Crippen LogP contribution in [0.2, 0.25) is 0 Å². The quantitative estimate of drug-likeness (QED) is 0.181. The van der Waals surface area contributed by atoms with E-state index in [1.165, 1.54) is 10.8 Å². The van der Waals surface area contributed by atoms with E-state index in [1.54, 1.807) is 6.07 Å². The van der Waals surface area contributed by atoms with Crippen LogP contribution in [0.25, 0.3) is 82.1 Å². The van der Waals surface area contributed by atoms with E-state index in [9.17, 15) is 10.5 Å². The summed E-state index contributed by atoms with van der Waals surface area (Å²) in [5.41, 5.74) is 11.2. The summed E-state index contributed by atoms with van der Waals surface area (Å²) in [6.07, 6.45) is 0. The van der Waals surface area contributed by atoms with Gasteiger partial charge in [-0.3, -0.25) is 0 Å². The molecular weight excluding hydrogens is 611 g/mol. The van der Waals surface area contributed by atoms with Crippen LogP contribution in [0, 0.1) is 29.2 Å². The number of nitriles is 2. The van der Waals surface area contributed by atoms with Crippen LogP contribution in [0.5, 0.6) is 0 Å². The Bertz CT molecular complexity index is 2920. The Kier molecular flexibility index (Phi) is 6.56. The summed E-state index contributed by atoms with van der Waals surface area (Å²) in [6.45, 7) is 7.94. The van der Waals surface area contributed by atoms with Crippen molar-refractivity contribution in [2.45, 2.75) is 0 Å². The highest BCUT2D eigenvalue weighted by Crippen LogP contribution is 2.44. The van der Waals surface area contributed by atoms with Gasteiger partial charge in [0, 0.05) is 32.9 Å². The molecule has 0 aliphatic heterocycles. The molecule has 0 unspecified atom stereocenters. The number of hydrogen-bond acceptors (Lipinski definition) is 2. The third-order valence-corrected chi connectivity index (χ3v) is 9.61. The van der Waals surface area contributed by atoms with Gasteiger partial charge in [0.25, 0.3) is 0 Å². The average molecular weight is 636 g/mol. The molecule has 2 aromatic heterocycles. The number of fused-ring (bicyclic) bond motifs is 6. The maximum absolute atomic E-state index is 10.6. The van der Waals surface area contributed by atoms with Gasteiger partial charge in [0.05, 0.1) is 52.1 Å². The van der Waals surface area contributed by atoms with Gasteiger partial charge in [-0.25, -0.2) is 4.85 Å². The van der Waals surface area contributed by atoms with Crippen LogP contribution in [-0.2, 0) is 0 Å². The number of hydrogen-bond donors (Lipinski definition) is 0. The van der Waals surface area contributed by atoms with Crippen LogP contribution >= 0.6 is 0 Å². The van der Waals surface area contributed by atoms with E-state index in [1.807, 2.05) is 60.7 Å². The summed E-state index contributed by atoms with van der Waals surface area (Å²) < 4.78 is 4.44. The summed E-state index contributed by atoms with van der Waals surface area (Å²) in [6, 6.07) is 55.6. The molecule has 5 nitrogen and oxygen atoms in total. The molecule has 0 radical (unpaired) electrons. The average Bonchev–Trinajstić information content (AvgIpc) is 3.70. The van der Waals surface area contributed by atoms with Crippen LogP contribution < -0.4 is 0 Å². The minimum atomic E-state index is 0.515. The molecule has 0 bridgehead atoms. The van der Waals surface area contributed by atoms with Gasteiger partial charge in [0.2, 0.25) is 0 Å². The zero-order valence-corrected chi connectivity index (χ0v) is 26.7. The first kappa shape index (κ1) is 28.8. The van der Waals surface area contributed by atoms with Crippen molar-refractivity contribution in [2.24, 2.45) is 0 Å². The lowest BCUT2D eigenvalue weighted by atomic mass is 9.90. The lowest BCUT2D eigenvalue weighted by Gasteiger charge is -2.19. The largest absolute Gasteiger partial charge is 0.310 e. The molecule has 0 amide bonds. The summed E-state index contributed by atoms with van der Waals surface area (Å²) in [4.78, 5) is 3.85. The SMILES string of the molecule is [C-]#[N+]c1cccc2c1c1cc(C#N)ccc1n2-c1cccc(C#N)c1-c1ccccc1-c1cccc(-n2c3ccccc3c3ccccc32)c1. The second-order valence-corrected chi connectivity index (χ2v) is 12.2. The minimum Gasteiger partial charge on any atom is -0.310 e. The fraction of sp³-hybridized carbons (Fsp3) is 0. The van der Waals surface area contributed by atoms with Crippen molar-refractivity contribution < 1.29 is 0 Å². The van der Waals surface area contributed by atoms with Crippen molar-refractivity contribution in [3.05, 3.63) is 174 Å². The van der Waals surface area contributed by atoms with Gasteiger partial charge in [0.15, 0.2) is 5.69 Å². The van der Waals surface area contributed by atoms with E-state index in [2.05, 4.69) is 111 Å². The summed E-state index contributed by atoms with van der Waals surface area (Å²) in [5.74, 6) is 0. The molecule has 0 aliphatic carbocycles. The second kappa shape index (κ2) is 11.4. The monoisotopic (exact) mass is 635 g/mol. The number of benzene rings is 7. The second-order valence-electron chi connectivity index (χ2n) is 12.2. The molecule has 50 heavy (non-hydrogen) atoms. The molecular formula is C45H25N5. The van der Waals surface area contributed by atoms with Crippen LogP contribution in [0.1, 0.15) is 11.1 Å². The van der Waals surface area contributed by atoms with Crippen LogP contribution in [0.4, 0.5) is 5.69 Å². The van der Waals surface area contributed by atoms with Crippen molar-refractivity contribution >= 4 is 49.3 Å². The minimum absolute atomic E-state index is 0.515. The molecule has 0 spiro atoms. The van der Waals surface area contributed by atoms with E-state index in [-0.39, 0.29) is 0 Å². The van der Waals surface area contributed by atoms with Gasteiger partial charge in [-0.2, -0.15) is 10.5 Å². The van der Waals surface area contributed by atoms with Gasteiger partial charge >= 0.3 is 0 Å². The predicted octanol–water partition coefficient (Wildman–Crippen LogP) is 11.5. The molecule has 0 aliphatic rings. The highest BCUT2D eigenvalue weighted by molar-refractivity contribution is 6.16. The molecule has 0 atom stereocenters. The van der Waals surface area contributed by atoms with Crippen LogP contribution in [0.3, 0.4) is 0 Å². The molecule has 9 rings (SSSR count). The lowest BCUT2D eigenvalue weighted by molar-refractivity contribution is 1.18. The highest BCUT2D eigenvalue weighted by Gasteiger charge is 2.22. The molecule has 7 aromatic carbocycles. The molecule has 2 heterocycles. The zero-order valence-electron chi connectivity index (χ0n) is 26.7. The third-order valence-electron chi connectivity index (χ3n) is 9.61. The van der Waals surface area contributed by atoms with Crippen molar-refractivity contribution in [1.29, 1.82) is 10.5 Å². The van der Waals surface area contributed by atoms with Crippen LogP contribution in [0.15, 0.2) is 152 Å². The van der Waals surface area contributed by atoms with Gasteiger partial charge in [-0.15, -0.1) is 0 Å². The first-order valence-corrected chi connectivity index (χ1v) is 16.3. The normalized spacial score (nSPS) is 11.1. The Balaban J connectivity index is 1.31. The molecule has 9 aromatic rings. The lowest BCUT2D eigenvalue weighted by Crippen LogP contribution is -2.01. The van der Waals surface area contributed by atoms with E-state index in [0.29, 0.717) is 16.8 Å². The van der Waals surface area contributed by atoms with E-state index < -0.39 is 0 Å². The van der Waals surface area contributed by atoms with Crippen molar-refractivity contribution in [3.8, 4) is 45.8 Å². The van der Waals surface area contributed by atoms with Gasteiger partial charge in [0.1, 0.15) is 0 Å². The maximum Gasteiger partial charge on any atom is 0.197 e. The number of para-hydroxylation sites is 2. The number of rotatable bonds is 4. The van der Waals surface area contributed by atoms with Gasteiger partial charge in [-0.05, 0) is 82.7 Å². The summed E-state index contributed by atoms with van der Waals surface area (Å²) in [5, 5.41) is 24.3. The van der Waals surface area contributed by atoms with Gasteiger partial charge < -0.3 is 9.13 Å². The van der Waals surface area contributed by atoms with Gasteiger partial charge in [-0.1, -0.05) is 91.0 Å². The smallest absolute Gasteiger partial charge is 0.197 e. The maximum atomic E-state index is 10.6. The van der Waals surface area contributed by atoms with Crippen molar-refractivity contribution in [1.82, 2.24) is 9.13 Å². The standard InChI is InChI=1S/C45H25N5/c1-48-38-18-10-22-43-45(38)37-25-29(27-46)23-24-41(37)50(43)42-21-9-12-31(28-47)44(42)36-17-3-2-14-33(36)30-11-8-13-32(26-30)49-39-19-6-4-15-34(39)35-16-5-7-20-40(35)49/h2-26H. The Morgan fingerprint density at radius 2 is 1.18 bits per heavy atom. The van der Waals surface area contributed by atoms with E-state index in [0.717, 1.165) is 66.5 Å².